The van der Waals surface area contributed by atoms with Crippen LogP contribution in [0.2, 0.25) is 0 Å². The first kappa shape index (κ1) is 61.3. The van der Waals surface area contributed by atoms with Gasteiger partial charge in [-0.25, -0.2) is 9.97 Å². The van der Waals surface area contributed by atoms with Gasteiger partial charge in [0.25, 0.3) is 0 Å². The van der Waals surface area contributed by atoms with Gasteiger partial charge in [-0.2, -0.15) is 0 Å². The first-order valence-electron chi connectivity index (χ1n) is 34.4. The monoisotopic (exact) mass is 1380 g/mol. The maximum absolute atomic E-state index is 9.67. The van der Waals surface area contributed by atoms with Gasteiger partial charge in [-0.1, -0.05) is 303 Å². The van der Waals surface area contributed by atoms with Crippen molar-refractivity contribution in [3.8, 4) is 97.7 Å². The van der Waals surface area contributed by atoms with E-state index in [2.05, 4.69) is 288 Å². The lowest BCUT2D eigenvalue weighted by Gasteiger charge is -2.16. The molecule has 0 fully saturated rings. The van der Waals surface area contributed by atoms with Crippen LogP contribution in [0.3, 0.4) is 0 Å². The summed E-state index contributed by atoms with van der Waals surface area (Å²) in [5.74, 6) is 0. The van der Waals surface area contributed by atoms with E-state index >= 15 is 0 Å². The van der Waals surface area contributed by atoms with Gasteiger partial charge in [-0.3, -0.25) is 9.97 Å². The third-order valence-electron chi connectivity index (χ3n) is 17.9. The Morgan fingerprint density at radius 2 is 0.616 bits per heavy atom. The molecule has 0 bridgehead atoms. The van der Waals surface area contributed by atoms with Gasteiger partial charge in [-0.15, -0.1) is 22.7 Å². The summed E-state index contributed by atoms with van der Waals surface area (Å²) in [6.07, 6.45) is 3.63. The molecule has 3 radical (unpaired) electrons. The number of halogens is 1. The van der Waals surface area contributed by atoms with Crippen molar-refractivity contribution in [3.63, 3.8) is 0 Å². The zero-order valence-corrected chi connectivity index (χ0v) is 56.6. The van der Waals surface area contributed by atoms with Crippen molar-refractivity contribution in [2.75, 3.05) is 0 Å². The molecular weight excluding hydrogens is 1310 g/mol. The molecule has 11 heteroatoms. The summed E-state index contributed by atoms with van der Waals surface area (Å²) in [4.78, 5) is 24.5. The number of nitrogens with zero attached hydrogens (tertiary/aromatic N) is 4. The molecule has 0 amide bonds. The van der Waals surface area contributed by atoms with Crippen LogP contribution in [-0.2, 0) is 0 Å². The molecule has 475 valence electrons. The maximum Gasteiger partial charge on any atom is 0.489 e. The largest absolute Gasteiger partial charge is 0.489 e. The van der Waals surface area contributed by atoms with E-state index in [-0.39, 0.29) is 11.3 Å². The molecule has 99 heavy (non-hydrogen) atoms. The van der Waals surface area contributed by atoms with Crippen molar-refractivity contribution >= 4 is 125 Å². The number of pyridine rings is 4. The van der Waals surface area contributed by atoms with E-state index in [0.29, 0.717) is 5.46 Å². The Labute approximate surface area is 601 Å². The highest BCUT2D eigenvalue weighted by atomic mass is 79.9. The fourth-order valence-electron chi connectivity index (χ4n) is 13.3. The van der Waals surface area contributed by atoms with Crippen LogP contribution < -0.4 is 5.46 Å². The summed E-state index contributed by atoms with van der Waals surface area (Å²) >= 11 is 7.60. The number of fused-ring (bicyclic) bond motifs is 8. The molecule has 0 aliphatic rings. The van der Waals surface area contributed by atoms with Gasteiger partial charge < -0.3 is 10.0 Å². The summed E-state index contributed by atoms with van der Waals surface area (Å²) in [6.45, 7) is 0. The van der Waals surface area contributed by atoms with E-state index in [1.54, 1.807) is 12.3 Å². The van der Waals surface area contributed by atoms with Gasteiger partial charge in [0.1, 0.15) is 0 Å². The quantitative estimate of drug-likeness (QED) is 0.105. The number of thiophene rings is 2. The molecule has 6 heterocycles. The van der Waals surface area contributed by atoms with Crippen LogP contribution in [0.25, 0.3) is 163 Å². The summed E-state index contributed by atoms with van der Waals surface area (Å²) < 4.78 is 21.2. The van der Waals surface area contributed by atoms with Crippen LogP contribution in [0.15, 0.2) is 344 Å². The average Bonchev–Trinajstić information content (AvgIpc) is 1.64. The molecule has 0 aliphatic carbocycles. The number of hydrogen-bond donors (Lipinski definition) is 2. The lowest BCUT2D eigenvalue weighted by molar-refractivity contribution is 0.426. The number of aromatic nitrogens is 4. The van der Waals surface area contributed by atoms with E-state index < -0.39 is 7.12 Å². The molecule has 0 saturated heterocycles. The van der Waals surface area contributed by atoms with Gasteiger partial charge in [0.05, 0.1) is 33.5 Å². The van der Waals surface area contributed by atoms with Crippen molar-refractivity contribution < 1.29 is 18.8 Å². The van der Waals surface area contributed by atoms with Crippen molar-refractivity contribution in [2.24, 2.45) is 0 Å². The second-order valence-corrected chi connectivity index (χ2v) is 26.6. The van der Waals surface area contributed by atoms with E-state index in [1.807, 2.05) is 83.5 Å². The number of benzene rings is 12. The first-order valence-corrected chi connectivity index (χ1v) is 34.8. The summed E-state index contributed by atoms with van der Waals surface area (Å²) in [5.41, 5.74) is 20.3. The molecule has 2 N–H and O–H groups in total. The Kier molecular flexibility index (Phi) is 17.6. The van der Waals surface area contributed by atoms with Crippen LogP contribution in [0.1, 0.15) is 8.79 Å². The highest BCUT2D eigenvalue weighted by Gasteiger charge is 2.26. The Balaban J connectivity index is 0.000000163. The van der Waals surface area contributed by atoms with Crippen molar-refractivity contribution in [1.29, 1.82) is 0 Å². The SMILES string of the molecule is Brc1c(-c2ccccc2)sc(-c2ccccc2)c1-c1ccccc1.OB(O)c1ccc(-c2ccc3ccc4cccnc4c3n2)c2ccccc12.[2HH].[2HH].[2H][2H].[2H][2H].[B].c1ccc(-c2sc(-c3ccccc3)c(-c3ccc(-c4ccc5ccc6cccnc6c5n4)c4ccccc34)c2-c2ccccc2)cc1. The smallest absolute Gasteiger partial charge is 0.423 e. The van der Waals surface area contributed by atoms with Crippen molar-refractivity contribution in [2.45, 2.75) is 0 Å². The topological polar surface area (TPSA) is 92.0 Å². The van der Waals surface area contributed by atoms with Crippen molar-refractivity contribution in [1.82, 2.24) is 19.9 Å². The second-order valence-electron chi connectivity index (χ2n) is 23.8. The standard InChI is InChI=1S/C44H28N2S.C22H15BN2O2.C22H15BrS.B.4H2/c1-4-13-29(14-5-1)39-40(44(33-17-8-3-9-18-33)47-43(39)32-15-6-2-7-16-32)37-26-25-36(34-20-10-11-21-35(34)37)38-27-24-31-23-22-30-19-12-28-45-41(30)42(31)46-38;26-23(27)19-11-10-18(16-5-1-2-6-17(16)19)20-12-9-15-8-7-14-4-3-13-24-21(14)22(15)25-20;23-20-19(16-10-4-1-5-11-16)21(17-12-6-2-7-13-17)24-22(20)18-14-8-3-9-15-18;;;;;/h1-28H;1-13,26-27H;1-15H;;4*1H/i;;;;2*1+1D;2*1+1. The Morgan fingerprint density at radius 1 is 0.293 bits per heavy atom. The highest BCUT2D eigenvalue weighted by Crippen LogP contribution is 2.54. The molecule has 12 aromatic carbocycles. The minimum Gasteiger partial charge on any atom is -0.423 e. The lowest BCUT2D eigenvalue weighted by atomic mass is 9.76. The van der Waals surface area contributed by atoms with Gasteiger partial charge in [0.15, 0.2) is 0 Å². The zero-order chi connectivity index (χ0) is 69.9. The maximum atomic E-state index is 9.67. The molecule has 0 atom stereocenters. The molecule has 18 rings (SSSR count). The Bertz CT molecular complexity index is 5960. The fraction of sp³-hybridized carbons (Fsp3) is 0. The third kappa shape index (κ3) is 12.6. The molecule has 18 aromatic rings. The number of rotatable bonds is 10. The summed E-state index contributed by atoms with van der Waals surface area (Å²) in [7, 11) is -1.51. The van der Waals surface area contributed by atoms with E-state index in [1.165, 1.54) is 90.4 Å². The molecule has 6 aromatic heterocycles. The van der Waals surface area contributed by atoms with E-state index in [0.717, 1.165) is 76.9 Å². The minimum atomic E-state index is -1.51. The fourth-order valence-corrected chi connectivity index (χ4v) is 16.9. The Hall–Kier alpha value is -11.3. The van der Waals surface area contributed by atoms with Gasteiger partial charge in [0, 0.05) is 103 Å². The van der Waals surface area contributed by atoms with Crippen molar-refractivity contribution in [3.05, 3.63) is 344 Å². The normalized spacial score (nSPS) is 11.3. The third-order valence-corrected chi connectivity index (χ3v) is 21.5. The second kappa shape index (κ2) is 28.4. The molecule has 0 saturated carbocycles. The predicted molar refractivity (Wildman–Crippen MR) is 432 cm³/mol. The lowest BCUT2D eigenvalue weighted by Crippen LogP contribution is -2.30. The van der Waals surface area contributed by atoms with Gasteiger partial charge in [-0.05, 0) is 106 Å². The molecule has 6 nitrogen and oxygen atoms in total. The van der Waals surface area contributed by atoms with Crippen LogP contribution in [-0.4, -0.2) is 45.5 Å². The van der Waals surface area contributed by atoms with E-state index in [4.69, 9.17) is 20.9 Å². The molecule has 0 spiro atoms. The van der Waals surface area contributed by atoms with Crippen LogP contribution in [0, 0.1) is 0 Å². The van der Waals surface area contributed by atoms with E-state index in [9.17, 15) is 10.0 Å². The van der Waals surface area contributed by atoms with Crippen LogP contribution in [0.4, 0.5) is 0 Å². The molecule has 0 aliphatic heterocycles. The van der Waals surface area contributed by atoms with Crippen LogP contribution >= 0.6 is 38.6 Å². The number of hydrogen-bond acceptors (Lipinski definition) is 8. The predicted octanol–water partition coefficient (Wildman–Crippen LogP) is 23.7. The molecule has 0 unspecified atom stereocenters. The van der Waals surface area contributed by atoms with Crippen LogP contribution in [0.5, 0.6) is 0 Å². The van der Waals surface area contributed by atoms with Gasteiger partial charge >= 0.3 is 7.12 Å². The summed E-state index contributed by atoms with van der Waals surface area (Å²) in [5, 5.41) is 27.7. The zero-order valence-electron chi connectivity index (χ0n) is 57.4. The highest BCUT2D eigenvalue weighted by molar-refractivity contribution is 9.10. The Morgan fingerprint density at radius 3 is 1.07 bits per heavy atom. The summed E-state index contributed by atoms with van der Waals surface area (Å²) in [6, 6.07) is 114. The minimum absolute atomic E-state index is 0. The molecular formula is C88H66B2BrN4O2S2. The van der Waals surface area contributed by atoms with Gasteiger partial charge in [0.2, 0.25) is 0 Å². The average molecular weight is 1380 g/mol. The first-order chi connectivity index (χ1) is 50.4.